The molecule has 22 heavy (non-hydrogen) atoms. The van der Waals surface area contributed by atoms with Gasteiger partial charge in [0.2, 0.25) is 0 Å². The first-order valence-electron chi connectivity index (χ1n) is 6.57. The molecule has 0 spiro atoms. The number of benzene rings is 1. The van der Waals surface area contributed by atoms with Crippen molar-refractivity contribution in [3.63, 3.8) is 0 Å². The molecule has 116 valence electrons. The van der Waals surface area contributed by atoms with Gasteiger partial charge >= 0.3 is 5.97 Å². The fourth-order valence-corrected chi connectivity index (χ4v) is 2.65. The third-order valence-electron chi connectivity index (χ3n) is 3.58. The lowest BCUT2D eigenvalue weighted by atomic mass is 9.84. The Morgan fingerprint density at radius 3 is 2.59 bits per heavy atom. The standard InChI is InChI=1S/C15H16N2O5/c1-8-12(15(18)19)13(14(17(20)21)9(2)16-8)10-5-4-6-11(7-10)22-3/h4-7,13,16H,1-3H3,(H,18,19). The lowest BCUT2D eigenvalue weighted by molar-refractivity contribution is -0.431. The Morgan fingerprint density at radius 2 is 2.05 bits per heavy atom. The number of allylic oxidation sites excluding steroid dienone is 3. The fraction of sp³-hybridized carbons (Fsp3) is 0.267. The van der Waals surface area contributed by atoms with Gasteiger partial charge in [-0.15, -0.1) is 0 Å². The highest BCUT2D eigenvalue weighted by Gasteiger charge is 2.40. The van der Waals surface area contributed by atoms with Gasteiger partial charge in [-0.1, -0.05) is 12.1 Å². The van der Waals surface area contributed by atoms with Crippen LogP contribution < -0.4 is 10.1 Å². The third kappa shape index (κ3) is 2.65. The van der Waals surface area contributed by atoms with Crippen LogP contribution in [0, 0.1) is 10.1 Å². The number of nitrogens with one attached hydrogen (secondary N) is 1. The molecule has 0 aromatic heterocycles. The number of methoxy groups -OCH3 is 1. The highest BCUT2D eigenvalue weighted by molar-refractivity contribution is 5.90. The molecule has 1 aliphatic rings. The Hall–Kier alpha value is -2.83. The van der Waals surface area contributed by atoms with Gasteiger partial charge in [-0.2, -0.15) is 0 Å². The molecule has 1 heterocycles. The maximum atomic E-state index is 11.6. The second-order valence-corrected chi connectivity index (χ2v) is 4.95. The van der Waals surface area contributed by atoms with Gasteiger partial charge in [-0.05, 0) is 31.5 Å². The van der Waals surface area contributed by atoms with Crippen LogP contribution in [0.25, 0.3) is 0 Å². The minimum Gasteiger partial charge on any atom is -0.497 e. The molecule has 2 N–H and O–H groups in total. The van der Waals surface area contributed by atoms with Crippen molar-refractivity contribution in [2.75, 3.05) is 7.11 Å². The summed E-state index contributed by atoms with van der Waals surface area (Å²) in [6, 6.07) is 6.65. The number of dihydropyridines is 1. The Kier molecular flexibility index (Phi) is 4.16. The van der Waals surface area contributed by atoms with Crippen molar-refractivity contribution >= 4 is 5.97 Å². The summed E-state index contributed by atoms with van der Waals surface area (Å²) in [4.78, 5) is 22.5. The van der Waals surface area contributed by atoms with Gasteiger partial charge in [0.05, 0.1) is 23.3 Å². The van der Waals surface area contributed by atoms with Crippen molar-refractivity contribution in [2.45, 2.75) is 19.8 Å². The quantitative estimate of drug-likeness (QED) is 0.653. The van der Waals surface area contributed by atoms with E-state index in [1.54, 1.807) is 38.1 Å². The smallest absolute Gasteiger partial charge is 0.334 e. The van der Waals surface area contributed by atoms with Crippen LogP contribution in [0.1, 0.15) is 25.3 Å². The lowest BCUT2D eigenvalue weighted by Gasteiger charge is -2.25. The highest BCUT2D eigenvalue weighted by atomic mass is 16.6. The summed E-state index contributed by atoms with van der Waals surface area (Å²) in [5.41, 5.74) is 1.02. The maximum Gasteiger partial charge on any atom is 0.334 e. The van der Waals surface area contributed by atoms with Gasteiger partial charge < -0.3 is 15.2 Å². The molecule has 1 atom stereocenters. The Balaban J connectivity index is 2.69. The zero-order valence-electron chi connectivity index (χ0n) is 12.4. The van der Waals surface area contributed by atoms with Gasteiger partial charge in [-0.25, -0.2) is 4.79 Å². The van der Waals surface area contributed by atoms with E-state index < -0.39 is 16.8 Å². The average molecular weight is 304 g/mol. The van der Waals surface area contributed by atoms with Crippen molar-refractivity contribution in [1.82, 2.24) is 5.32 Å². The van der Waals surface area contributed by atoms with Crippen molar-refractivity contribution in [2.24, 2.45) is 0 Å². The molecule has 0 amide bonds. The average Bonchev–Trinajstić information content (AvgIpc) is 2.45. The minimum absolute atomic E-state index is 0.0365. The first-order chi connectivity index (χ1) is 10.4. The maximum absolute atomic E-state index is 11.6. The normalized spacial score (nSPS) is 18.0. The number of nitrogens with zero attached hydrogens (tertiary/aromatic N) is 1. The molecule has 0 saturated carbocycles. The number of ether oxygens (including phenoxy) is 1. The summed E-state index contributed by atoms with van der Waals surface area (Å²) in [5.74, 6) is -1.63. The number of carboxylic acids is 1. The zero-order chi connectivity index (χ0) is 16.4. The van der Waals surface area contributed by atoms with Gasteiger partial charge in [0.25, 0.3) is 5.70 Å². The SMILES string of the molecule is COc1cccc(C2C(C(=O)O)=C(C)NC(C)=C2[N+](=O)[O-])c1. The topological polar surface area (TPSA) is 102 Å². The molecule has 1 aliphatic heterocycles. The molecule has 0 radical (unpaired) electrons. The van der Waals surface area contributed by atoms with E-state index in [-0.39, 0.29) is 11.3 Å². The molecule has 2 rings (SSSR count). The van der Waals surface area contributed by atoms with Crippen LogP contribution in [0.5, 0.6) is 5.75 Å². The van der Waals surface area contributed by atoms with E-state index in [1.165, 1.54) is 7.11 Å². The van der Waals surface area contributed by atoms with E-state index >= 15 is 0 Å². The third-order valence-corrected chi connectivity index (χ3v) is 3.58. The predicted molar refractivity (Wildman–Crippen MR) is 78.9 cm³/mol. The summed E-state index contributed by atoms with van der Waals surface area (Å²) in [7, 11) is 1.48. The molecule has 0 saturated heterocycles. The zero-order valence-corrected chi connectivity index (χ0v) is 12.4. The van der Waals surface area contributed by atoms with Crippen LogP contribution in [0.3, 0.4) is 0 Å². The molecule has 0 bridgehead atoms. The molecule has 0 aliphatic carbocycles. The minimum atomic E-state index is -1.19. The number of hydrogen-bond acceptors (Lipinski definition) is 5. The van der Waals surface area contributed by atoms with Crippen LogP contribution in [0.4, 0.5) is 0 Å². The van der Waals surface area contributed by atoms with E-state index in [4.69, 9.17) is 4.74 Å². The molecular weight excluding hydrogens is 288 g/mol. The van der Waals surface area contributed by atoms with Gasteiger partial charge in [0, 0.05) is 5.70 Å². The second-order valence-electron chi connectivity index (χ2n) is 4.95. The van der Waals surface area contributed by atoms with Crippen molar-refractivity contribution in [3.05, 3.63) is 62.6 Å². The van der Waals surface area contributed by atoms with Crippen molar-refractivity contribution in [3.8, 4) is 5.75 Å². The van der Waals surface area contributed by atoms with Crippen LogP contribution in [0.2, 0.25) is 0 Å². The highest BCUT2D eigenvalue weighted by Crippen LogP contribution is 2.39. The summed E-state index contributed by atoms with van der Waals surface area (Å²) >= 11 is 0. The summed E-state index contributed by atoms with van der Waals surface area (Å²) in [6.45, 7) is 3.16. The number of hydrogen-bond donors (Lipinski definition) is 2. The largest absolute Gasteiger partial charge is 0.497 e. The molecule has 7 nitrogen and oxygen atoms in total. The van der Waals surface area contributed by atoms with E-state index in [0.29, 0.717) is 22.7 Å². The number of rotatable bonds is 4. The number of nitro groups is 1. The first kappa shape index (κ1) is 15.6. The molecule has 1 unspecified atom stereocenters. The van der Waals surface area contributed by atoms with Crippen LogP contribution >= 0.6 is 0 Å². The molecule has 1 aromatic rings. The number of aliphatic carboxylic acids is 1. The Morgan fingerprint density at radius 1 is 1.36 bits per heavy atom. The van der Waals surface area contributed by atoms with Crippen molar-refractivity contribution in [1.29, 1.82) is 0 Å². The van der Waals surface area contributed by atoms with Gasteiger partial charge in [-0.3, -0.25) is 10.1 Å². The lowest BCUT2D eigenvalue weighted by Crippen LogP contribution is -2.30. The summed E-state index contributed by atoms with van der Waals surface area (Å²) in [5, 5.41) is 23.7. The van der Waals surface area contributed by atoms with Crippen LogP contribution in [-0.2, 0) is 4.79 Å². The van der Waals surface area contributed by atoms with E-state index in [0.717, 1.165) is 0 Å². The van der Waals surface area contributed by atoms with E-state index in [2.05, 4.69) is 5.32 Å². The van der Waals surface area contributed by atoms with E-state index in [1.807, 2.05) is 0 Å². The van der Waals surface area contributed by atoms with Crippen LogP contribution in [-0.4, -0.2) is 23.1 Å². The van der Waals surface area contributed by atoms with E-state index in [9.17, 15) is 20.0 Å². The Bertz CT molecular complexity index is 670. The molecule has 0 fully saturated rings. The predicted octanol–water partition coefficient (Wildman–Crippen LogP) is 2.25. The van der Waals surface area contributed by atoms with Gasteiger partial charge in [0.1, 0.15) is 11.7 Å². The Labute approximate surface area is 127 Å². The molecular formula is C15H16N2O5. The summed E-state index contributed by atoms with van der Waals surface area (Å²) in [6.07, 6.45) is 0. The summed E-state index contributed by atoms with van der Waals surface area (Å²) < 4.78 is 5.13. The number of carboxylic acid groups (broad SMARTS) is 1. The number of carbonyl (C=O) groups is 1. The monoisotopic (exact) mass is 304 g/mol. The first-order valence-corrected chi connectivity index (χ1v) is 6.57. The second kappa shape index (κ2) is 5.88. The van der Waals surface area contributed by atoms with Gasteiger partial charge in [0.15, 0.2) is 0 Å². The fourth-order valence-electron chi connectivity index (χ4n) is 2.65. The van der Waals surface area contributed by atoms with Crippen LogP contribution in [0.15, 0.2) is 46.9 Å². The van der Waals surface area contributed by atoms with Crippen molar-refractivity contribution < 1.29 is 19.6 Å². The molecule has 1 aromatic carbocycles. The molecule has 7 heteroatoms.